The van der Waals surface area contributed by atoms with Gasteiger partial charge in [0.05, 0.1) is 5.41 Å². The summed E-state index contributed by atoms with van der Waals surface area (Å²) in [4.78, 5) is 12.0. The smallest absolute Gasteiger partial charge is 0.230 e. The lowest BCUT2D eigenvalue weighted by molar-refractivity contribution is -0.123. The third kappa shape index (κ3) is 1.87. The van der Waals surface area contributed by atoms with E-state index >= 15 is 0 Å². The van der Waals surface area contributed by atoms with Crippen LogP contribution in [0, 0.1) is 6.92 Å². The Morgan fingerprint density at radius 3 is 2.56 bits per heavy atom. The molecule has 2 heteroatoms. The van der Waals surface area contributed by atoms with Gasteiger partial charge in [0.25, 0.3) is 0 Å². The third-order valence-electron chi connectivity index (χ3n) is 3.20. The molecule has 1 aromatic rings. The van der Waals surface area contributed by atoms with Crippen LogP contribution in [0.1, 0.15) is 24.0 Å². The molecule has 0 unspecified atom stereocenters. The molecule has 1 saturated carbocycles. The first-order chi connectivity index (χ1) is 7.69. The van der Waals surface area contributed by atoms with Crippen molar-refractivity contribution in [3.05, 3.63) is 48.0 Å². The zero-order chi connectivity index (χ0) is 11.6. The molecule has 2 nitrogen and oxygen atoms in total. The molecule has 16 heavy (non-hydrogen) atoms. The highest BCUT2D eigenvalue weighted by Gasteiger charge is 2.50. The van der Waals surface area contributed by atoms with E-state index in [1.807, 2.05) is 0 Å². The van der Waals surface area contributed by atoms with Crippen LogP contribution in [0.4, 0.5) is 0 Å². The fourth-order valence-electron chi connectivity index (χ4n) is 1.98. The Bertz CT molecular complexity index is 401. The lowest BCUT2D eigenvalue weighted by Gasteiger charge is -2.15. The molecule has 84 valence electrons. The largest absolute Gasteiger partial charge is 0.352 e. The third-order valence-corrected chi connectivity index (χ3v) is 3.20. The number of hydrogen-bond donors (Lipinski definition) is 1. The van der Waals surface area contributed by atoms with Crippen molar-refractivity contribution in [2.24, 2.45) is 0 Å². The summed E-state index contributed by atoms with van der Waals surface area (Å²) in [6.45, 7) is 6.21. The SMILES string of the molecule is C=CCNC(=O)C1(c2ccc(C)cc2)CC1. The van der Waals surface area contributed by atoms with Gasteiger partial charge in [-0.25, -0.2) is 0 Å². The van der Waals surface area contributed by atoms with Crippen LogP contribution in [-0.2, 0) is 10.2 Å². The summed E-state index contributed by atoms with van der Waals surface area (Å²) in [6, 6.07) is 8.26. The fraction of sp³-hybridized carbons (Fsp3) is 0.357. The first-order valence-electron chi connectivity index (χ1n) is 5.65. The molecule has 1 N–H and O–H groups in total. The molecule has 1 aromatic carbocycles. The minimum absolute atomic E-state index is 0.135. The summed E-state index contributed by atoms with van der Waals surface area (Å²) in [5.74, 6) is 0.135. The zero-order valence-corrected chi connectivity index (χ0v) is 9.62. The Kier molecular flexibility index (Phi) is 2.82. The zero-order valence-electron chi connectivity index (χ0n) is 9.62. The van der Waals surface area contributed by atoms with Gasteiger partial charge in [-0.3, -0.25) is 4.79 Å². The molecule has 1 aliphatic carbocycles. The molecule has 0 saturated heterocycles. The molecular weight excluding hydrogens is 198 g/mol. The number of carbonyl (C=O) groups excluding carboxylic acids is 1. The van der Waals surface area contributed by atoms with Crippen LogP contribution in [0.25, 0.3) is 0 Å². The highest BCUT2D eigenvalue weighted by Crippen LogP contribution is 2.48. The van der Waals surface area contributed by atoms with E-state index in [4.69, 9.17) is 0 Å². The van der Waals surface area contributed by atoms with E-state index in [1.165, 1.54) is 5.56 Å². The average molecular weight is 215 g/mol. The standard InChI is InChI=1S/C14H17NO/c1-3-10-15-13(16)14(8-9-14)12-6-4-11(2)5-7-12/h3-7H,1,8-10H2,2H3,(H,15,16). The van der Waals surface area contributed by atoms with E-state index in [-0.39, 0.29) is 11.3 Å². The maximum Gasteiger partial charge on any atom is 0.230 e. The minimum Gasteiger partial charge on any atom is -0.352 e. The monoisotopic (exact) mass is 215 g/mol. The van der Waals surface area contributed by atoms with Crippen LogP contribution >= 0.6 is 0 Å². The van der Waals surface area contributed by atoms with Gasteiger partial charge in [-0.2, -0.15) is 0 Å². The van der Waals surface area contributed by atoms with Crippen LogP contribution in [0.3, 0.4) is 0 Å². The first kappa shape index (κ1) is 10.9. The number of hydrogen-bond acceptors (Lipinski definition) is 1. The van der Waals surface area contributed by atoms with Crippen molar-refractivity contribution < 1.29 is 4.79 Å². The molecule has 0 aromatic heterocycles. The van der Waals surface area contributed by atoms with Crippen LogP contribution in [0.15, 0.2) is 36.9 Å². The predicted octanol–water partition coefficient (Wildman–Crippen LogP) is 2.33. The Labute approximate surface area is 96.4 Å². The highest BCUT2D eigenvalue weighted by atomic mass is 16.2. The average Bonchev–Trinajstić information content (AvgIpc) is 3.08. The van der Waals surface area contributed by atoms with Gasteiger partial charge >= 0.3 is 0 Å². The normalized spacial score (nSPS) is 16.6. The van der Waals surface area contributed by atoms with Gasteiger partial charge in [0.15, 0.2) is 0 Å². The maximum absolute atomic E-state index is 12.0. The van der Waals surface area contributed by atoms with Crippen LogP contribution in [0.2, 0.25) is 0 Å². The van der Waals surface area contributed by atoms with Crippen LogP contribution in [-0.4, -0.2) is 12.5 Å². The summed E-state index contributed by atoms with van der Waals surface area (Å²) < 4.78 is 0. The van der Waals surface area contributed by atoms with E-state index in [2.05, 4.69) is 43.1 Å². The van der Waals surface area contributed by atoms with Crippen molar-refractivity contribution >= 4 is 5.91 Å². The number of benzene rings is 1. The van der Waals surface area contributed by atoms with Crippen molar-refractivity contribution in [2.75, 3.05) is 6.54 Å². The van der Waals surface area contributed by atoms with Crippen LogP contribution in [0.5, 0.6) is 0 Å². The van der Waals surface area contributed by atoms with Gasteiger partial charge in [0, 0.05) is 6.54 Å². The molecule has 0 radical (unpaired) electrons. The van der Waals surface area contributed by atoms with Gasteiger partial charge in [-0.05, 0) is 25.3 Å². The topological polar surface area (TPSA) is 29.1 Å². The molecule has 2 rings (SSSR count). The fourth-order valence-corrected chi connectivity index (χ4v) is 1.98. The quantitative estimate of drug-likeness (QED) is 0.767. The second-order valence-corrected chi connectivity index (χ2v) is 4.45. The van der Waals surface area contributed by atoms with E-state index < -0.39 is 0 Å². The lowest BCUT2D eigenvalue weighted by atomic mass is 9.94. The second kappa shape index (κ2) is 4.12. The van der Waals surface area contributed by atoms with E-state index in [0.29, 0.717) is 6.54 Å². The Balaban J connectivity index is 2.16. The van der Waals surface area contributed by atoms with Crippen molar-refractivity contribution in [3.8, 4) is 0 Å². The van der Waals surface area contributed by atoms with Gasteiger partial charge in [0.2, 0.25) is 5.91 Å². The first-order valence-corrected chi connectivity index (χ1v) is 5.65. The molecular formula is C14H17NO. The summed E-state index contributed by atoms with van der Waals surface area (Å²) in [6.07, 6.45) is 3.63. The Morgan fingerprint density at radius 1 is 1.44 bits per heavy atom. The number of carbonyl (C=O) groups is 1. The maximum atomic E-state index is 12.0. The Morgan fingerprint density at radius 2 is 2.06 bits per heavy atom. The van der Waals surface area contributed by atoms with Gasteiger partial charge < -0.3 is 5.32 Å². The van der Waals surface area contributed by atoms with E-state index in [9.17, 15) is 4.79 Å². The molecule has 1 amide bonds. The Hall–Kier alpha value is -1.57. The highest BCUT2D eigenvalue weighted by molar-refractivity contribution is 5.91. The van der Waals surface area contributed by atoms with Crippen molar-refractivity contribution in [1.29, 1.82) is 0 Å². The summed E-state index contributed by atoms with van der Waals surface area (Å²) >= 11 is 0. The summed E-state index contributed by atoms with van der Waals surface area (Å²) in [5.41, 5.74) is 2.11. The van der Waals surface area contributed by atoms with Crippen LogP contribution < -0.4 is 5.32 Å². The molecule has 1 fully saturated rings. The molecule has 0 aliphatic heterocycles. The van der Waals surface area contributed by atoms with Crippen molar-refractivity contribution in [2.45, 2.75) is 25.2 Å². The van der Waals surface area contributed by atoms with Gasteiger partial charge in [0.1, 0.15) is 0 Å². The summed E-state index contributed by atoms with van der Waals surface area (Å²) in [7, 11) is 0. The van der Waals surface area contributed by atoms with Gasteiger partial charge in [-0.15, -0.1) is 6.58 Å². The summed E-state index contributed by atoms with van der Waals surface area (Å²) in [5, 5.41) is 2.89. The number of rotatable bonds is 4. The molecule has 0 atom stereocenters. The number of amides is 1. The molecule has 0 spiro atoms. The number of aryl methyl sites for hydroxylation is 1. The van der Waals surface area contributed by atoms with Crippen molar-refractivity contribution in [1.82, 2.24) is 5.32 Å². The minimum atomic E-state index is -0.253. The molecule has 1 aliphatic rings. The molecule has 0 bridgehead atoms. The molecule has 0 heterocycles. The predicted molar refractivity (Wildman–Crippen MR) is 65.3 cm³/mol. The lowest BCUT2D eigenvalue weighted by Crippen LogP contribution is -2.34. The number of nitrogens with one attached hydrogen (secondary N) is 1. The second-order valence-electron chi connectivity index (χ2n) is 4.45. The van der Waals surface area contributed by atoms with Gasteiger partial charge in [-0.1, -0.05) is 35.9 Å². The van der Waals surface area contributed by atoms with E-state index in [1.54, 1.807) is 6.08 Å². The van der Waals surface area contributed by atoms with E-state index in [0.717, 1.165) is 18.4 Å². The van der Waals surface area contributed by atoms with Crippen molar-refractivity contribution in [3.63, 3.8) is 0 Å².